The summed E-state index contributed by atoms with van der Waals surface area (Å²) >= 11 is 0. The molecule has 0 rings (SSSR count). The normalized spacial score (nSPS) is 14.0. The van der Waals surface area contributed by atoms with E-state index in [-0.39, 0.29) is 12.5 Å². The summed E-state index contributed by atoms with van der Waals surface area (Å²) in [6.07, 6.45) is 2.32. The molecule has 0 aliphatic carbocycles. The van der Waals surface area contributed by atoms with Gasteiger partial charge >= 0.3 is 10.5 Å². The van der Waals surface area contributed by atoms with E-state index in [1.54, 1.807) is 0 Å². The van der Waals surface area contributed by atoms with E-state index in [9.17, 15) is 17.1 Å². The Morgan fingerprint density at radius 2 is 2.08 bits per heavy atom. The van der Waals surface area contributed by atoms with Crippen LogP contribution in [0.25, 0.3) is 0 Å². The lowest BCUT2D eigenvalue weighted by Crippen LogP contribution is -2.05. The van der Waals surface area contributed by atoms with Gasteiger partial charge in [-0.25, -0.2) is 4.18 Å². The van der Waals surface area contributed by atoms with E-state index in [0.29, 0.717) is 19.3 Å². The van der Waals surface area contributed by atoms with Crippen molar-refractivity contribution < 1.29 is 21.3 Å². The molecule has 0 radical (unpaired) electrons. The van der Waals surface area contributed by atoms with Gasteiger partial charge in [-0.1, -0.05) is 10.8 Å². The molecule has 0 heterocycles. The van der Waals surface area contributed by atoms with Gasteiger partial charge in [-0.05, 0) is 18.8 Å². The summed E-state index contributed by atoms with van der Waals surface area (Å²) in [5.41, 5.74) is 0. The van der Waals surface area contributed by atoms with Crippen LogP contribution < -0.4 is 0 Å². The number of hydrogen-bond acceptors (Lipinski definition) is 4. The highest BCUT2D eigenvalue weighted by molar-refractivity contribution is 7.81. The van der Waals surface area contributed by atoms with Crippen molar-refractivity contribution in [2.75, 3.05) is 6.61 Å². The first-order valence-corrected chi connectivity index (χ1v) is 5.29. The monoisotopic (exact) mass is 212 g/mol. The van der Waals surface area contributed by atoms with Gasteiger partial charge in [0.2, 0.25) is 0 Å². The van der Waals surface area contributed by atoms with Crippen molar-refractivity contribution in [3.63, 3.8) is 0 Å². The topological polar surface area (TPSA) is 60.4 Å². The molecule has 0 saturated carbocycles. The number of aldehydes is 1. The lowest BCUT2D eigenvalue weighted by molar-refractivity contribution is -0.108. The molecule has 6 heteroatoms. The number of carbonyl (C=O) groups is 1. The minimum atomic E-state index is -4.81. The fraction of sp³-hybridized carbons (Fsp3) is 0.857. The largest absolute Gasteiger partial charge is 0.437 e. The standard InChI is InChI=1S/C7H13FO4S/c1-7(3-2-5-9)4-6-12-13(8,10)11/h5,7H,2-4,6H2,1H3. The summed E-state index contributed by atoms with van der Waals surface area (Å²) in [7, 11) is -4.81. The fourth-order valence-corrected chi connectivity index (χ4v) is 1.14. The van der Waals surface area contributed by atoms with E-state index >= 15 is 0 Å². The smallest absolute Gasteiger partial charge is 0.303 e. The molecule has 0 aromatic heterocycles. The number of carbonyl (C=O) groups excluding carboxylic acids is 1. The number of hydrogen-bond donors (Lipinski definition) is 0. The molecule has 0 aliphatic rings. The summed E-state index contributed by atoms with van der Waals surface area (Å²) in [6, 6.07) is 0. The fourth-order valence-electron chi connectivity index (χ4n) is 0.846. The first-order valence-electron chi connectivity index (χ1n) is 3.98. The van der Waals surface area contributed by atoms with Gasteiger partial charge in [0.25, 0.3) is 0 Å². The first-order chi connectivity index (χ1) is 5.95. The molecule has 0 saturated heterocycles. The molecule has 13 heavy (non-hydrogen) atoms. The zero-order valence-corrected chi connectivity index (χ0v) is 8.22. The molecule has 0 fully saturated rings. The third-order valence-electron chi connectivity index (χ3n) is 1.61. The average molecular weight is 212 g/mol. The third kappa shape index (κ3) is 9.42. The van der Waals surface area contributed by atoms with Crippen molar-refractivity contribution in [1.29, 1.82) is 0 Å². The Hall–Kier alpha value is -0.490. The highest BCUT2D eigenvalue weighted by Gasteiger charge is 2.08. The average Bonchev–Trinajstić information content (AvgIpc) is 1.98. The molecule has 0 aliphatic heterocycles. The minimum Gasteiger partial charge on any atom is -0.303 e. The van der Waals surface area contributed by atoms with Gasteiger partial charge in [0, 0.05) is 6.42 Å². The lowest BCUT2D eigenvalue weighted by Gasteiger charge is -2.07. The maximum atomic E-state index is 11.8. The van der Waals surface area contributed by atoms with Crippen LogP contribution in [-0.2, 0) is 19.5 Å². The Kier molecular flexibility index (Phi) is 5.81. The Bertz CT molecular complexity index is 237. The summed E-state index contributed by atoms with van der Waals surface area (Å²) < 4.78 is 35.4. The second kappa shape index (κ2) is 6.04. The summed E-state index contributed by atoms with van der Waals surface area (Å²) in [4.78, 5) is 9.96. The maximum Gasteiger partial charge on any atom is 0.437 e. The number of halogens is 1. The SMILES string of the molecule is CC(CCC=O)CCOS(=O)(=O)F. The predicted octanol–water partition coefficient (Wildman–Crippen LogP) is 1.22. The van der Waals surface area contributed by atoms with Gasteiger partial charge in [0.1, 0.15) is 6.29 Å². The van der Waals surface area contributed by atoms with Crippen molar-refractivity contribution in [3.8, 4) is 0 Å². The van der Waals surface area contributed by atoms with Gasteiger partial charge in [-0.2, -0.15) is 8.42 Å². The molecular formula is C7H13FO4S. The van der Waals surface area contributed by atoms with E-state index in [1.165, 1.54) is 0 Å². The quantitative estimate of drug-likeness (QED) is 0.470. The van der Waals surface area contributed by atoms with Gasteiger partial charge in [-0.3, -0.25) is 0 Å². The van der Waals surface area contributed by atoms with Crippen LogP contribution in [0.2, 0.25) is 0 Å². The van der Waals surface area contributed by atoms with Crippen LogP contribution in [0.4, 0.5) is 3.89 Å². The molecule has 0 aromatic carbocycles. The van der Waals surface area contributed by atoms with Crippen LogP contribution in [0, 0.1) is 5.92 Å². The van der Waals surface area contributed by atoms with Crippen LogP contribution in [0.1, 0.15) is 26.2 Å². The zero-order valence-electron chi connectivity index (χ0n) is 7.40. The molecule has 4 nitrogen and oxygen atoms in total. The highest BCUT2D eigenvalue weighted by atomic mass is 32.3. The first kappa shape index (κ1) is 12.5. The van der Waals surface area contributed by atoms with E-state index in [0.717, 1.165) is 6.29 Å². The van der Waals surface area contributed by atoms with Gasteiger partial charge in [0.15, 0.2) is 0 Å². The minimum absolute atomic E-state index is 0.159. The van der Waals surface area contributed by atoms with E-state index in [1.807, 2.05) is 6.92 Å². The van der Waals surface area contributed by atoms with Gasteiger partial charge < -0.3 is 4.79 Å². The third-order valence-corrected chi connectivity index (χ3v) is 2.06. The molecule has 0 amide bonds. The summed E-state index contributed by atoms with van der Waals surface area (Å²) in [5, 5.41) is 0. The van der Waals surface area contributed by atoms with Crippen LogP contribution in [-0.4, -0.2) is 21.3 Å². The van der Waals surface area contributed by atoms with Crippen molar-refractivity contribution in [3.05, 3.63) is 0 Å². The molecule has 0 spiro atoms. The lowest BCUT2D eigenvalue weighted by atomic mass is 10.0. The molecule has 1 unspecified atom stereocenters. The van der Waals surface area contributed by atoms with E-state index in [4.69, 9.17) is 0 Å². The Morgan fingerprint density at radius 1 is 1.46 bits per heavy atom. The van der Waals surface area contributed by atoms with Crippen molar-refractivity contribution in [1.82, 2.24) is 0 Å². The molecular weight excluding hydrogens is 199 g/mol. The second-order valence-electron chi connectivity index (χ2n) is 2.85. The Labute approximate surface area is 77.5 Å². The zero-order chi connectivity index (χ0) is 10.3. The molecule has 0 bridgehead atoms. The predicted molar refractivity (Wildman–Crippen MR) is 45.1 cm³/mol. The van der Waals surface area contributed by atoms with Gasteiger partial charge in [-0.15, -0.1) is 0 Å². The van der Waals surface area contributed by atoms with Crippen LogP contribution in [0.15, 0.2) is 0 Å². The second-order valence-corrected chi connectivity index (χ2v) is 3.87. The highest BCUT2D eigenvalue weighted by Crippen LogP contribution is 2.10. The van der Waals surface area contributed by atoms with E-state index < -0.39 is 10.5 Å². The van der Waals surface area contributed by atoms with Crippen LogP contribution in [0.3, 0.4) is 0 Å². The molecule has 0 aromatic rings. The molecule has 0 N–H and O–H groups in total. The van der Waals surface area contributed by atoms with Gasteiger partial charge in [0.05, 0.1) is 6.61 Å². The van der Waals surface area contributed by atoms with Crippen LogP contribution >= 0.6 is 0 Å². The Balaban J connectivity index is 3.47. The number of rotatable bonds is 7. The summed E-state index contributed by atoms with van der Waals surface area (Å²) in [6.45, 7) is 1.68. The van der Waals surface area contributed by atoms with E-state index in [2.05, 4.69) is 4.18 Å². The molecule has 78 valence electrons. The maximum absolute atomic E-state index is 11.8. The van der Waals surface area contributed by atoms with Crippen molar-refractivity contribution in [2.45, 2.75) is 26.2 Å². The Morgan fingerprint density at radius 3 is 2.54 bits per heavy atom. The molecule has 1 atom stereocenters. The summed E-state index contributed by atoms with van der Waals surface area (Å²) in [5.74, 6) is 0.159. The van der Waals surface area contributed by atoms with Crippen LogP contribution in [0.5, 0.6) is 0 Å². The van der Waals surface area contributed by atoms with Crippen molar-refractivity contribution in [2.24, 2.45) is 5.92 Å². The van der Waals surface area contributed by atoms with Crippen molar-refractivity contribution >= 4 is 16.8 Å².